The largest absolute Gasteiger partial charge is 0.391 e. The van der Waals surface area contributed by atoms with Gasteiger partial charge in [0.05, 0.1) is 11.5 Å². The van der Waals surface area contributed by atoms with E-state index in [0.717, 1.165) is 4.88 Å². The Labute approximate surface area is 67.7 Å². The van der Waals surface area contributed by atoms with Gasteiger partial charge >= 0.3 is 0 Å². The van der Waals surface area contributed by atoms with E-state index >= 15 is 0 Å². The Kier molecular flexibility index (Phi) is 2.78. The number of thiazole rings is 1. The summed E-state index contributed by atoms with van der Waals surface area (Å²) in [6.45, 7) is -0.0273. The second-order valence-electron chi connectivity index (χ2n) is 1.68. The zero-order valence-electron chi connectivity index (χ0n) is 5.57. The third-order valence-corrected chi connectivity index (χ3v) is 1.84. The van der Waals surface area contributed by atoms with Crippen LogP contribution in [0.1, 0.15) is 9.88 Å². The Morgan fingerprint density at radius 3 is 3.18 bits per heavy atom. The van der Waals surface area contributed by atoms with Gasteiger partial charge in [0.15, 0.2) is 11.3 Å². The molecule has 0 aromatic carbocycles. The summed E-state index contributed by atoms with van der Waals surface area (Å²) in [7, 11) is 0. The zero-order valence-corrected chi connectivity index (χ0v) is 6.39. The van der Waals surface area contributed by atoms with Gasteiger partial charge in [-0.1, -0.05) is 0 Å². The van der Waals surface area contributed by atoms with Gasteiger partial charge in [0, 0.05) is 6.20 Å². The minimum atomic E-state index is -0.0273. The maximum atomic E-state index is 9.81. The highest BCUT2D eigenvalue weighted by Crippen LogP contribution is 2.10. The predicted molar refractivity (Wildman–Crippen MR) is 41.0 cm³/mol. The van der Waals surface area contributed by atoms with Gasteiger partial charge in [-0.15, -0.1) is 11.3 Å². The van der Waals surface area contributed by atoms with Crippen LogP contribution in [0.25, 0.3) is 0 Å². The third-order valence-electron chi connectivity index (χ3n) is 0.947. The van der Waals surface area contributed by atoms with E-state index in [9.17, 15) is 4.79 Å². The number of aliphatic hydroxyl groups excluding tert-OH is 1. The highest BCUT2D eigenvalue weighted by Gasteiger charge is 1.95. The lowest BCUT2D eigenvalue weighted by Crippen LogP contribution is -1.70. The molecule has 1 rings (SSSR count). The first-order chi connectivity index (χ1) is 5.36. The van der Waals surface area contributed by atoms with Gasteiger partial charge in [0.2, 0.25) is 0 Å². The van der Waals surface area contributed by atoms with E-state index in [1.54, 1.807) is 6.20 Å². The number of carbonyl (C=O) groups excluding carboxylic acids is 1. The molecule has 0 unspecified atom stereocenters. The summed E-state index contributed by atoms with van der Waals surface area (Å²) in [6, 6.07) is 0. The summed E-state index contributed by atoms with van der Waals surface area (Å²) in [4.78, 5) is 14.4. The van der Waals surface area contributed by atoms with Crippen LogP contribution in [-0.2, 0) is 11.4 Å². The molecule has 0 aliphatic heterocycles. The van der Waals surface area contributed by atoms with Crippen LogP contribution in [0.5, 0.6) is 0 Å². The van der Waals surface area contributed by atoms with Crippen molar-refractivity contribution in [3.8, 4) is 11.8 Å². The van der Waals surface area contributed by atoms with Crippen LogP contribution in [0.4, 0.5) is 0 Å². The quantitative estimate of drug-likeness (QED) is 0.479. The molecule has 0 aliphatic rings. The average molecular weight is 167 g/mol. The number of hydrogen-bond donors (Lipinski definition) is 1. The number of aromatic nitrogens is 1. The molecular formula is C7H5NO2S. The Balaban J connectivity index is 2.80. The lowest BCUT2D eigenvalue weighted by atomic mass is 10.6. The van der Waals surface area contributed by atoms with E-state index in [-0.39, 0.29) is 6.61 Å². The summed E-state index contributed by atoms with van der Waals surface area (Å²) in [5.41, 5.74) is 0. The normalized spacial score (nSPS) is 8.45. The van der Waals surface area contributed by atoms with E-state index in [1.807, 2.05) is 0 Å². The number of hydrogen-bond acceptors (Lipinski definition) is 4. The van der Waals surface area contributed by atoms with E-state index in [2.05, 4.69) is 16.8 Å². The second-order valence-corrected chi connectivity index (χ2v) is 2.79. The van der Waals surface area contributed by atoms with Gasteiger partial charge in [0.25, 0.3) is 0 Å². The maximum Gasteiger partial charge on any atom is 0.193 e. The van der Waals surface area contributed by atoms with Crippen molar-refractivity contribution >= 4 is 17.6 Å². The molecule has 11 heavy (non-hydrogen) atoms. The molecule has 0 radical (unpaired) electrons. The molecule has 0 atom stereocenters. The Bertz CT molecular complexity index is 308. The molecule has 0 bridgehead atoms. The van der Waals surface area contributed by atoms with Crippen molar-refractivity contribution in [2.24, 2.45) is 0 Å². The van der Waals surface area contributed by atoms with Crippen LogP contribution < -0.4 is 0 Å². The number of aldehydes is 1. The number of rotatable bonds is 1. The molecule has 1 N–H and O–H groups in total. The molecule has 0 amide bonds. The predicted octanol–water partition coefficient (Wildman–Crippen LogP) is 0.186. The van der Waals surface area contributed by atoms with Crippen LogP contribution in [0.15, 0.2) is 6.20 Å². The van der Waals surface area contributed by atoms with Crippen molar-refractivity contribution in [2.75, 3.05) is 0 Å². The fourth-order valence-electron chi connectivity index (χ4n) is 0.530. The fraction of sp³-hybridized carbons (Fsp3) is 0.143. The van der Waals surface area contributed by atoms with Crippen LogP contribution in [0, 0.1) is 11.8 Å². The number of carbonyl (C=O) groups is 1. The van der Waals surface area contributed by atoms with Gasteiger partial charge in [-0.05, 0) is 11.8 Å². The Morgan fingerprint density at radius 1 is 1.82 bits per heavy atom. The molecule has 0 aliphatic carbocycles. The van der Waals surface area contributed by atoms with Crippen LogP contribution in [-0.4, -0.2) is 16.4 Å². The van der Waals surface area contributed by atoms with Crippen molar-refractivity contribution in [2.45, 2.75) is 6.61 Å². The SMILES string of the molecule is O=CC#Cc1ncc(CO)s1. The molecule has 4 heteroatoms. The summed E-state index contributed by atoms with van der Waals surface area (Å²) in [5.74, 6) is 4.76. The molecule has 0 saturated carbocycles. The molecule has 0 fully saturated rings. The number of nitrogens with zero attached hydrogens (tertiary/aromatic N) is 1. The highest BCUT2D eigenvalue weighted by molar-refractivity contribution is 7.12. The summed E-state index contributed by atoms with van der Waals surface area (Å²) in [5, 5.41) is 9.19. The minimum Gasteiger partial charge on any atom is -0.391 e. The number of aliphatic hydroxyl groups is 1. The molecule has 3 nitrogen and oxygen atoms in total. The van der Waals surface area contributed by atoms with Crippen molar-refractivity contribution in [1.82, 2.24) is 4.98 Å². The molecular weight excluding hydrogens is 162 g/mol. The molecule has 1 aromatic heterocycles. The minimum absolute atomic E-state index is 0.0273. The highest BCUT2D eigenvalue weighted by atomic mass is 32.1. The molecule has 1 heterocycles. The molecule has 56 valence electrons. The average Bonchev–Trinajstić information content (AvgIpc) is 2.48. The van der Waals surface area contributed by atoms with Crippen LogP contribution in [0.2, 0.25) is 0 Å². The molecule has 1 aromatic rings. The van der Waals surface area contributed by atoms with E-state index < -0.39 is 0 Å². The van der Waals surface area contributed by atoms with Gasteiger partial charge in [0.1, 0.15) is 0 Å². The van der Waals surface area contributed by atoms with E-state index in [1.165, 1.54) is 11.3 Å². The van der Waals surface area contributed by atoms with E-state index in [0.29, 0.717) is 11.3 Å². The van der Waals surface area contributed by atoms with Crippen molar-refractivity contribution in [1.29, 1.82) is 0 Å². The smallest absolute Gasteiger partial charge is 0.193 e. The third kappa shape index (κ3) is 2.15. The summed E-state index contributed by atoms with van der Waals surface area (Å²) >= 11 is 1.28. The Hall–Kier alpha value is -1.18. The van der Waals surface area contributed by atoms with Gasteiger partial charge in [-0.25, -0.2) is 4.98 Å². The summed E-state index contributed by atoms with van der Waals surface area (Å²) < 4.78 is 0. The first kappa shape index (κ1) is 7.92. The lowest BCUT2D eigenvalue weighted by molar-refractivity contribution is -0.103. The second kappa shape index (κ2) is 3.86. The first-order valence-corrected chi connectivity index (χ1v) is 3.69. The van der Waals surface area contributed by atoms with E-state index in [4.69, 9.17) is 5.11 Å². The zero-order chi connectivity index (χ0) is 8.10. The van der Waals surface area contributed by atoms with Crippen molar-refractivity contribution < 1.29 is 9.90 Å². The van der Waals surface area contributed by atoms with Gasteiger partial charge in [-0.2, -0.15) is 0 Å². The fourth-order valence-corrected chi connectivity index (χ4v) is 1.16. The van der Waals surface area contributed by atoms with Crippen molar-refractivity contribution in [3.63, 3.8) is 0 Å². The maximum absolute atomic E-state index is 9.81. The standard InChI is InChI=1S/C7H5NO2S/c9-3-1-2-7-8-4-6(5-10)11-7/h3-4,10H,5H2. The topological polar surface area (TPSA) is 50.2 Å². The lowest BCUT2D eigenvalue weighted by Gasteiger charge is -1.78. The van der Waals surface area contributed by atoms with Crippen LogP contribution in [0.3, 0.4) is 0 Å². The molecule has 0 spiro atoms. The first-order valence-electron chi connectivity index (χ1n) is 2.87. The monoisotopic (exact) mass is 167 g/mol. The molecule has 0 saturated heterocycles. The summed E-state index contributed by atoms with van der Waals surface area (Å²) in [6.07, 6.45) is 2.06. The Morgan fingerprint density at radius 2 is 2.64 bits per heavy atom. The van der Waals surface area contributed by atoms with Crippen LogP contribution >= 0.6 is 11.3 Å². The van der Waals surface area contributed by atoms with Crippen molar-refractivity contribution in [3.05, 3.63) is 16.1 Å². The van der Waals surface area contributed by atoms with Gasteiger partial charge < -0.3 is 5.11 Å². The van der Waals surface area contributed by atoms with Gasteiger partial charge in [-0.3, -0.25) is 4.79 Å².